The van der Waals surface area contributed by atoms with Crippen molar-refractivity contribution in [2.24, 2.45) is 0 Å². The quantitative estimate of drug-likeness (QED) is 0.636. The van der Waals surface area contributed by atoms with Crippen molar-refractivity contribution in [3.05, 3.63) is 65.2 Å². The number of alkyl halides is 2. The summed E-state index contributed by atoms with van der Waals surface area (Å²) in [5.41, 5.74) is -1.75. The van der Waals surface area contributed by atoms with Crippen molar-refractivity contribution in [2.45, 2.75) is 25.6 Å². The molecule has 0 aromatic heterocycles. The molecule has 1 atom stereocenters. The Morgan fingerprint density at radius 3 is 2.59 bits per heavy atom. The first kappa shape index (κ1) is 18.7. The zero-order valence-corrected chi connectivity index (χ0v) is 14.0. The van der Waals surface area contributed by atoms with Crippen LogP contribution in [-0.4, -0.2) is 23.4 Å². The van der Waals surface area contributed by atoms with E-state index in [1.807, 2.05) is 0 Å². The Kier molecular flexibility index (Phi) is 4.77. The highest BCUT2D eigenvalue weighted by atomic mass is 19.3. The molecule has 1 unspecified atom stereocenters. The minimum Gasteiger partial charge on any atom is -0.435 e. The highest BCUT2D eigenvalue weighted by Gasteiger charge is 2.50. The third-order valence-electron chi connectivity index (χ3n) is 4.21. The Labute approximate surface area is 151 Å². The van der Waals surface area contributed by atoms with Gasteiger partial charge in [-0.25, -0.2) is 13.6 Å². The molecule has 1 aliphatic rings. The van der Waals surface area contributed by atoms with Gasteiger partial charge in [0.1, 0.15) is 22.9 Å². The zero-order chi connectivity index (χ0) is 19.8. The van der Waals surface area contributed by atoms with Gasteiger partial charge in [-0.05, 0) is 42.8 Å². The number of carbonyl (C=O) groups is 2. The number of urea groups is 1. The van der Waals surface area contributed by atoms with Gasteiger partial charge in [0.05, 0.1) is 6.54 Å². The van der Waals surface area contributed by atoms with Crippen LogP contribution in [0.1, 0.15) is 18.1 Å². The molecule has 5 nitrogen and oxygen atoms in total. The van der Waals surface area contributed by atoms with Crippen LogP contribution in [0.4, 0.5) is 22.4 Å². The summed E-state index contributed by atoms with van der Waals surface area (Å²) in [4.78, 5) is 25.8. The second-order valence-corrected chi connectivity index (χ2v) is 6.10. The number of benzene rings is 2. The average Bonchev–Trinajstić information content (AvgIpc) is 2.81. The van der Waals surface area contributed by atoms with Gasteiger partial charge in [0.2, 0.25) is 0 Å². The molecule has 3 amide bonds. The highest BCUT2D eigenvalue weighted by molar-refractivity contribution is 6.07. The van der Waals surface area contributed by atoms with E-state index in [0.29, 0.717) is 5.56 Å². The smallest absolute Gasteiger partial charge is 0.387 e. The molecule has 2 aromatic carbocycles. The van der Waals surface area contributed by atoms with Gasteiger partial charge in [-0.1, -0.05) is 12.1 Å². The molecule has 1 saturated heterocycles. The molecule has 2 aromatic rings. The maximum atomic E-state index is 14.1. The second kappa shape index (κ2) is 6.90. The molecule has 3 rings (SSSR count). The number of hydrogen-bond acceptors (Lipinski definition) is 3. The van der Waals surface area contributed by atoms with Crippen molar-refractivity contribution < 1.29 is 31.9 Å². The van der Waals surface area contributed by atoms with Crippen molar-refractivity contribution in [3.8, 4) is 5.75 Å². The minimum atomic E-state index is -3.02. The Morgan fingerprint density at radius 2 is 1.89 bits per heavy atom. The van der Waals surface area contributed by atoms with Gasteiger partial charge >= 0.3 is 12.6 Å². The number of carbonyl (C=O) groups excluding carboxylic acids is 2. The molecule has 0 bridgehead atoms. The van der Waals surface area contributed by atoms with Gasteiger partial charge < -0.3 is 10.1 Å². The van der Waals surface area contributed by atoms with Crippen molar-refractivity contribution in [1.29, 1.82) is 0 Å². The van der Waals surface area contributed by atoms with E-state index in [9.17, 15) is 27.2 Å². The van der Waals surface area contributed by atoms with Gasteiger partial charge in [-0.2, -0.15) is 8.78 Å². The van der Waals surface area contributed by atoms with Crippen LogP contribution in [0.3, 0.4) is 0 Å². The maximum absolute atomic E-state index is 14.1. The molecule has 0 radical (unpaired) electrons. The van der Waals surface area contributed by atoms with Crippen LogP contribution in [0.15, 0.2) is 42.5 Å². The van der Waals surface area contributed by atoms with E-state index in [4.69, 9.17) is 0 Å². The van der Waals surface area contributed by atoms with Crippen LogP contribution >= 0.6 is 0 Å². The lowest BCUT2D eigenvalue weighted by atomic mass is 9.91. The van der Waals surface area contributed by atoms with E-state index in [-0.39, 0.29) is 17.9 Å². The third-order valence-corrected chi connectivity index (χ3v) is 4.21. The van der Waals surface area contributed by atoms with Crippen molar-refractivity contribution in [2.75, 3.05) is 0 Å². The first-order valence-electron chi connectivity index (χ1n) is 7.84. The van der Waals surface area contributed by atoms with Crippen LogP contribution in [0.25, 0.3) is 0 Å². The molecular formula is C18H14F4N2O3. The lowest BCUT2D eigenvalue weighted by Crippen LogP contribution is -2.41. The standard InChI is InChI=1S/C18H14F4N2O3/c1-18(13-8-11(19)5-6-14(13)20)15(25)24(17(26)23-18)9-10-3-2-4-12(7-10)27-16(21)22/h2-8,16H,9H2,1H3,(H,23,26). The Morgan fingerprint density at radius 1 is 1.15 bits per heavy atom. The van der Waals surface area contributed by atoms with Gasteiger partial charge in [0, 0.05) is 5.56 Å². The molecule has 1 heterocycles. The first-order valence-corrected chi connectivity index (χ1v) is 7.84. The van der Waals surface area contributed by atoms with Crippen LogP contribution in [0.2, 0.25) is 0 Å². The number of halogens is 4. The fourth-order valence-corrected chi connectivity index (χ4v) is 2.91. The van der Waals surface area contributed by atoms with E-state index in [2.05, 4.69) is 10.1 Å². The summed E-state index contributed by atoms with van der Waals surface area (Å²) in [6.07, 6.45) is 0. The van der Waals surface area contributed by atoms with Crippen LogP contribution in [0, 0.1) is 11.6 Å². The van der Waals surface area contributed by atoms with E-state index in [0.717, 1.165) is 23.1 Å². The summed E-state index contributed by atoms with van der Waals surface area (Å²) in [7, 11) is 0. The third kappa shape index (κ3) is 3.57. The second-order valence-electron chi connectivity index (χ2n) is 6.10. The molecule has 1 N–H and O–H groups in total. The van der Waals surface area contributed by atoms with Gasteiger partial charge in [-0.3, -0.25) is 9.69 Å². The number of nitrogens with one attached hydrogen (secondary N) is 1. The molecule has 0 saturated carbocycles. The number of rotatable bonds is 5. The molecule has 0 spiro atoms. The summed E-state index contributed by atoms with van der Waals surface area (Å²) in [5, 5.41) is 2.36. The molecule has 0 aliphatic carbocycles. The number of imide groups is 1. The Balaban J connectivity index is 1.87. The Bertz CT molecular complexity index is 906. The minimum absolute atomic E-state index is 0.131. The summed E-state index contributed by atoms with van der Waals surface area (Å²) < 4.78 is 56.6. The van der Waals surface area contributed by atoms with Gasteiger partial charge in [0.25, 0.3) is 5.91 Å². The van der Waals surface area contributed by atoms with E-state index in [1.54, 1.807) is 0 Å². The fraction of sp³-hybridized carbons (Fsp3) is 0.222. The number of ether oxygens (including phenoxy) is 1. The molecule has 1 fully saturated rings. The highest BCUT2D eigenvalue weighted by Crippen LogP contribution is 2.32. The molecule has 1 aliphatic heterocycles. The topological polar surface area (TPSA) is 58.6 Å². The van der Waals surface area contributed by atoms with Gasteiger partial charge in [0.15, 0.2) is 0 Å². The fourth-order valence-electron chi connectivity index (χ4n) is 2.91. The van der Waals surface area contributed by atoms with Crippen molar-refractivity contribution >= 4 is 11.9 Å². The Hall–Kier alpha value is -3.10. The van der Waals surface area contributed by atoms with Crippen LogP contribution in [-0.2, 0) is 16.9 Å². The number of hydrogen-bond donors (Lipinski definition) is 1. The van der Waals surface area contributed by atoms with Crippen molar-refractivity contribution in [3.63, 3.8) is 0 Å². The summed E-state index contributed by atoms with van der Waals surface area (Å²) >= 11 is 0. The lowest BCUT2D eigenvalue weighted by molar-refractivity contribution is -0.131. The summed E-state index contributed by atoms with van der Waals surface area (Å²) in [5.74, 6) is -2.53. The molecule has 27 heavy (non-hydrogen) atoms. The van der Waals surface area contributed by atoms with E-state index in [1.165, 1.54) is 31.2 Å². The van der Waals surface area contributed by atoms with Crippen LogP contribution in [0.5, 0.6) is 5.75 Å². The monoisotopic (exact) mass is 382 g/mol. The largest absolute Gasteiger partial charge is 0.435 e. The van der Waals surface area contributed by atoms with E-state index < -0.39 is 35.7 Å². The van der Waals surface area contributed by atoms with E-state index >= 15 is 0 Å². The maximum Gasteiger partial charge on any atom is 0.387 e. The predicted octanol–water partition coefficient (Wildman–Crippen LogP) is 3.53. The lowest BCUT2D eigenvalue weighted by Gasteiger charge is -2.23. The average molecular weight is 382 g/mol. The number of amides is 3. The first-order chi connectivity index (χ1) is 12.7. The van der Waals surface area contributed by atoms with Crippen molar-refractivity contribution in [1.82, 2.24) is 10.2 Å². The van der Waals surface area contributed by atoms with Gasteiger partial charge in [-0.15, -0.1) is 0 Å². The molecule has 9 heteroatoms. The molecular weight excluding hydrogens is 368 g/mol. The summed E-state index contributed by atoms with van der Waals surface area (Å²) in [6.45, 7) is -2.00. The summed E-state index contributed by atoms with van der Waals surface area (Å²) in [6, 6.07) is 7.28. The normalized spacial score (nSPS) is 19.6. The number of nitrogens with zero attached hydrogens (tertiary/aromatic N) is 1. The SMILES string of the molecule is CC1(c2cc(F)ccc2F)NC(=O)N(Cc2cccc(OC(F)F)c2)C1=O. The predicted molar refractivity (Wildman–Crippen MR) is 85.9 cm³/mol. The zero-order valence-electron chi connectivity index (χ0n) is 14.0. The van der Waals surface area contributed by atoms with Crippen LogP contribution < -0.4 is 10.1 Å². The molecule has 142 valence electrons.